The molecule has 166 valence electrons. The highest BCUT2D eigenvalue weighted by atomic mass is 32.2. The van der Waals surface area contributed by atoms with Gasteiger partial charge in [-0.3, -0.25) is 14.4 Å². The molecule has 2 rings (SSSR count). The van der Waals surface area contributed by atoms with Gasteiger partial charge in [0, 0.05) is 24.2 Å². The van der Waals surface area contributed by atoms with E-state index in [4.69, 9.17) is 4.74 Å². The number of carbonyl (C=O) groups excluding carboxylic acids is 3. The molecule has 0 aliphatic carbocycles. The largest absolute Gasteiger partial charge is 0.452 e. The van der Waals surface area contributed by atoms with Crippen molar-refractivity contribution >= 4 is 27.7 Å². The first-order valence-electron chi connectivity index (χ1n) is 10.1. The van der Waals surface area contributed by atoms with Crippen molar-refractivity contribution in [3.8, 4) is 0 Å². The highest BCUT2D eigenvalue weighted by Gasteiger charge is 2.33. The summed E-state index contributed by atoms with van der Waals surface area (Å²) in [6.07, 6.45) is 1.79. The van der Waals surface area contributed by atoms with Crippen molar-refractivity contribution in [2.24, 2.45) is 0 Å². The molecule has 0 bridgehead atoms. The highest BCUT2D eigenvalue weighted by molar-refractivity contribution is 7.89. The van der Waals surface area contributed by atoms with Gasteiger partial charge in [0.1, 0.15) is 0 Å². The molecule has 1 saturated heterocycles. The molecule has 1 aliphatic rings. The molecule has 0 aromatic heterocycles. The van der Waals surface area contributed by atoms with Crippen LogP contribution in [0.15, 0.2) is 29.2 Å². The van der Waals surface area contributed by atoms with Crippen LogP contribution in [-0.2, 0) is 24.3 Å². The van der Waals surface area contributed by atoms with E-state index in [1.807, 2.05) is 13.8 Å². The number of nitrogens with one attached hydrogen (secondary N) is 1. The fourth-order valence-electron chi connectivity index (χ4n) is 3.61. The van der Waals surface area contributed by atoms with Crippen LogP contribution in [-0.4, -0.2) is 55.7 Å². The Kier molecular flexibility index (Phi) is 8.14. The number of esters is 1. The molecular weight excluding hydrogens is 408 g/mol. The maximum atomic E-state index is 12.7. The first-order valence-corrected chi connectivity index (χ1v) is 11.6. The molecule has 8 nitrogen and oxygen atoms in total. The molecule has 1 N–H and O–H groups in total. The van der Waals surface area contributed by atoms with E-state index in [-0.39, 0.29) is 41.6 Å². The Labute approximate surface area is 178 Å². The van der Waals surface area contributed by atoms with Crippen molar-refractivity contribution in [1.29, 1.82) is 0 Å². The Morgan fingerprint density at radius 3 is 2.23 bits per heavy atom. The second-order valence-electron chi connectivity index (χ2n) is 7.73. The van der Waals surface area contributed by atoms with E-state index in [9.17, 15) is 22.8 Å². The summed E-state index contributed by atoms with van der Waals surface area (Å²) in [4.78, 5) is 37.8. The monoisotopic (exact) mass is 438 g/mol. The maximum absolute atomic E-state index is 12.7. The topological polar surface area (TPSA) is 110 Å². The number of amides is 1. The van der Waals surface area contributed by atoms with Gasteiger partial charge >= 0.3 is 5.97 Å². The SMILES string of the molecule is CC(=O)c1ccc(S(=O)(=O)NCCC(=O)O[C@H](C)C(=O)N2[C@H](C)CCC[C@H]2C)cc1. The lowest BCUT2D eigenvalue weighted by molar-refractivity contribution is -0.162. The zero-order chi connectivity index (χ0) is 22.5. The Hall–Kier alpha value is -2.26. The molecule has 1 aromatic carbocycles. The zero-order valence-corrected chi connectivity index (χ0v) is 18.7. The number of ether oxygens (including phenoxy) is 1. The van der Waals surface area contributed by atoms with Gasteiger partial charge in [-0.1, -0.05) is 12.1 Å². The van der Waals surface area contributed by atoms with Gasteiger partial charge in [-0.05, 0) is 59.1 Å². The number of sulfonamides is 1. The number of carbonyl (C=O) groups is 3. The van der Waals surface area contributed by atoms with Gasteiger partial charge in [-0.15, -0.1) is 0 Å². The molecule has 1 amide bonds. The lowest BCUT2D eigenvalue weighted by Gasteiger charge is -2.40. The number of hydrogen-bond acceptors (Lipinski definition) is 6. The lowest BCUT2D eigenvalue weighted by atomic mass is 9.97. The second kappa shape index (κ2) is 10.2. The minimum absolute atomic E-state index is 0.00233. The van der Waals surface area contributed by atoms with Crippen LogP contribution in [0.2, 0.25) is 0 Å². The Morgan fingerprint density at radius 2 is 1.70 bits per heavy atom. The van der Waals surface area contributed by atoms with E-state index in [2.05, 4.69) is 4.72 Å². The van der Waals surface area contributed by atoms with Crippen molar-refractivity contribution in [2.75, 3.05) is 6.54 Å². The van der Waals surface area contributed by atoms with Crippen LogP contribution in [0.5, 0.6) is 0 Å². The summed E-state index contributed by atoms with van der Waals surface area (Å²) in [5, 5.41) is 0. The minimum atomic E-state index is -3.82. The summed E-state index contributed by atoms with van der Waals surface area (Å²) in [6.45, 7) is 6.74. The molecule has 3 atom stereocenters. The van der Waals surface area contributed by atoms with Crippen LogP contribution in [0.1, 0.15) is 63.7 Å². The lowest BCUT2D eigenvalue weighted by Crippen LogP contribution is -2.51. The molecule has 0 radical (unpaired) electrons. The smallest absolute Gasteiger partial charge is 0.307 e. The molecule has 1 aliphatic heterocycles. The van der Waals surface area contributed by atoms with Gasteiger partial charge in [0.25, 0.3) is 5.91 Å². The van der Waals surface area contributed by atoms with Crippen LogP contribution in [0.4, 0.5) is 0 Å². The number of rotatable bonds is 8. The van der Waals surface area contributed by atoms with E-state index < -0.39 is 22.1 Å². The highest BCUT2D eigenvalue weighted by Crippen LogP contribution is 2.23. The molecule has 0 spiro atoms. The summed E-state index contributed by atoms with van der Waals surface area (Å²) < 4.78 is 32.1. The number of ketones is 1. The standard InChI is InChI=1S/C21H30N2O6S/c1-14-6-5-7-15(2)23(14)21(26)17(4)29-20(25)12-13-22-30(27,28)19-10-8-18(9-11-19)16(3)24/h8-11,14-15,17,22H,5-7,12-13H2,1-4H3/t14-,15-,17-/m1/s1. The van der Waals surface area contributed by atoms with E-state index in [0.717, 1.165) is 19.3 Å². The third-order valence-electron chi connectivity index (χ3n) is 5.30. The summed E-state index contributed by atoms with van der Waals surface area (Å²) >= 11 is 0. The quantitative estimate of drug-likeness (QED) is 0.493. The van der Waals surface area contributed by atoms with E-state index in [0.29, 0.717) is 5.56 Å². The van der Waals surface area contributed by atoms with Gasteiger partial charge in [0.2, 0.25) is 10.0 Å². The summed E-state index contributed by atoms with van der Waals surface area (Å²) in [5.41, 5.74) is 0.411. The number of piperidine rings is 1. The van der Waals surface area contributed by atoms with Crippen molar-refractivity contribution in [3.05, 3.63) is 29.8 Å². The van der Waals surface area contributed by atoms with Gasteiger partial charge in [0.15, 0.2) is 11.9 Å². The number of hydrogen-bond donors (Lipinski definition) is 1. The molecule has 9 heteroatoms. The summed E-state index contributed by atoms with van der Waals surface area (Å²) in [5.74, 6) is -1.04. The van der Waals surface area contributed by atoms with Gasteiger partial charge in [-0.25, -0.2) is 13.1 Å². The third-order valence-corrected chi connectivity index (χ3v) is 6.77. The maximum Gasteiger partial charge on any atom is 0.307 e. The first kappa shape index (κ1) is 24.0. The Balaban J connectivity index is 1.85. The zero-order valence-electron chi connectivity index (χ0n) is 17.9. The fourth-order valence-corrected chi connectivity index (χ4v) is 4.64. The van der Waals surface area contributed by atoms with Crippen LogP contribution in [0.3, 0.4) is 0 Å². The number of benzene rings is 1. The van der Waals surface area contributed by atoms with Crippen LogP contribution in [0.25, 0.3) is 0 Å². The Bertz CT molecular complexity index is 871. The second-order valence-corrected chi connectivity index (χ2v) is 9.50. The van der Waals surface area contributed by atoms with Gasteiger partial charge < -0.3 is 9.64 Å². The fraction of sp³-hybridized carbons (Fsp3) is 0.571. The number of likely N-dealkylation sites (tertiary alicyclic amines) is 1. The summed E-state index contributed by atoms with van der Waals surface area (Å²) in [7, 11) is -3.82. The summed E-state index contributed by atoms with van der Waals surface area (Å²) in [6, 6.07) is 5.73. The predicted octanol–water partition coefficient (Wildman–Crippen LogP) is 2.28. The average Bonchev–Trinajstić information content (AvgIpc) is 2.67. The van der Waals surface area contributed by atoms with Crippen molar-refractivity contribution < 1.29 is 27.5 Å². The van der Waals surface area contributed by atoms with Crippen LogP contribution < -0.4 is 4.72 Å². The average molecular weight is 439 g/mol. The molecule has 0 saturated carbocycles. The number of nitrogens with zero attached hydrogens (tertiary/aromatic N) is 1. The van der Waals surface area contributed by atoms with E-state index in [1.165, 1.54) is 38.1 Å². The predicted molar refractivity (Wildman–Crippen MR) is 111 cm³/mol. The van der Waals surface area contributed by atoms with Crippen LogP contribution >= 0.6 is 0 Å². The van der Waals surface area contributed by atoms with E-state index in [1.54, 1.807) is 4.90 Å². The number of Topliss-reactive ketones (excluding diaryl/α,β-unsaturated/α-hetero) is 1. The molecular formula is C21H30N2O6S. The van der Waals surface area contributed by atoms with Crippen molar-refractivity contribution in [2.45, 2.75) is 76.5 Å². The first-order chi connectivity index (χ1) is 14.0. The molecule has 0 unspecified atom stereocenters. The molecule has 1 heterocycles. The van der Waals surface area contributed by atoms with Gasteiger partial charge in [0.05, 0.1) is 11.3 Å². The molecule has 30 heavy (non-hydrogen) atoms. The minimum Gasteiger partial charge on any atom is -0.452 e. The normalized spacial score (nSPS) is 20.5. The molecule has 1 fully saturated rings. The van der Waals surface area contributed by atoms with Gasteiger partial charge in [-0.2, -0.15) is 0 Å². The van der Waals surface area contributed by atoms with Crippen molar-refractivity contribution in [1.82, 2.24) is 9.62 Å². The van der Waals surface area contributed by atoms with Crippen LogP contribution in [0, 0.1) is 0 Å². The van der Waals surface area contributed by atoms with Crippen molar-refractivity contribution in [3.63, 3.8) is 0 Å². The van der Waals surface area contributed by atoms with E-state index >= 15 is 0 Å². The third kappa shape index (κ3) is 6.12. The Morgan fingerprint density at radius 1 is 1.13 bits per heavy atom. The molecule has 1 aromatic rings.